The molecule has 0 aliphatic carbocycles. The van der Waals surface area contributed by atoms with Gasteiger partial charge >= 0.3 is 0 Å². The van der Waals surface area contributed by atoms with Crippen LogP contribution in [0.25, 0.3) is 5.69 Å². The average Bonchev–Trinajstić information content (AvgIpc) is 3.01. The van der Waals surface area contributed by atoms with E-state index in [0.717, 1.165) is 0 Å². The first-order chi connectivity index (χ1) is 9.96. The molecule has 0 saturated carbocycles. The second kappa shape index (κ2) is 6.29. The number of aromatic nitrogens is 4. The highest BCUT2D eigenvalue weighted by Crippen LogP contribution is 2.19. The molecule has 0 aliphatic heterocycles. The number of benzene rings is 1. The molecule has 0 radical (unpaired) electrons. The van der Waals surface area contributed by atoms with E-state index in [-0.39, 0.29) is 10.9 Å². The van der Waals surface area contributed by atoms with E-state index in [4.69, 9.17) is 4.74 Å². The molecule has 9 heteroatoms. The molecule has 1 heterocycles. The van der Waals surface area contributed by atoms with E-state index in [1.165, 1.54) is 35.5 Å². The predicted molar refractivity (Wildman–Crippen MR) is 75.4 cm³/mol. The summed E-state index contributed by atoms with van der Waals surface area (Å²) in [6, 6.07) is 6.19. The number of sulfonamides is 1. The molecule has 0 N–H and O–H groups in total. The van der Waals surface area contributed by atoms with Gasteiger partial charge in [-0.05, 0) is 35.5 Å². The molecule has 0 saturated heterocycles. The number of tetrazole rings is 1. The fraction of sp³-hybridized carbons (Fsp3) is 0.417. The Hall–Kier alpha value is -1.84. The van der Waals surface area contributed by atoms with E-state index in [0.29, 0.717) is 12.3 Å². The maximum absolute atomic E-state index is 12.6. The molecular weight excluding hydrogens is 294 g/mol. The highest BCUT2D eigenvalue weighted by atomic mass is 32.2. The number of methoxy groups -OCH3 is 1. The zero-order chi connectivity index (χ0) is 15.5. The first-order valence-corrected chi connectivity index (χ1v) is 7.71. The van der Waals surface area contributed by atoms with Crippen LogP contribution in [0.4, 0.5) is 0 Å². The number of ether oxygens (including phenoxy) is 1. The summed E-state index contributed by atoms with van der Waals surface area (Å²) in [6.45, 7) is 2.11. The van der Waals surface area contributed by atoms with Gasteiger partial charge in [0.1, 0.15) is 6.33 Å². The Kier molecular flexibility index (Phi) is 4.66. The van der Waals surface area contributed by atoms with Gasteiger partial charge in [0.2, 0.25) is 10.0 Å². The molecule has 2 rings (SSSR count). The van der Waals surface area contributed by atoms with Gasteiger partial charge in [0.25, 0.3) is 0 Å². The van der Waals surface area contributed by atoms with Crippen molar-refractivity contribution in [2.75, 3.05) is 20.8 Å². The summed E-state index contributed by atoms with van der Waals surface area (Å²) in [5.41, 5.74) is 0.578. The van der Waals surface area contributed by atoms with Crippen molar-refractivity contribution in [2.24, 2.45) is 0 Å². The quantitative estimate of drug-likeness (QED) is 0.763. The number of hydrogen-bond acceptors (Lipinski definition) is 6. The lowest BCUT2D eigenvalue weighted by atomic mass is 10.3. The SMILES string of the molecule is COCC(C)N(C)S(=O)(=O)c1cccc(-n2cnnn2)c1. The van der Waals surface area contributed by atoms with Crippen molar-refractivity contribution >= 4 is 10.0 Å². The summed E-state index contributed by atoms with van der Waals surface area (Å²) >= 11 is 0. The summed E-state index contributed by atoms with van der Waals surface area (Å²) in [5, 5.41) is 10.8. The Labute approximate surface area is 123 Å². The number of hydrogen-bond donors (Lipinski definition) is 0. The van der Waals surface area contributed by atoms with Crippen LogP contribution in [0.1, 0.15) is 6.92 Å². The van der Waals surface area contributed by atoms with Crippen molar-refractivity contribution in [1.82, 2.24) is 24.5 Å². The van der Waals surface area contributed by atoms with Crippen LogP contribution in [0.3, 0.4) is 0 Å². The molecular formula is C12H17N5O3S. The number of nitrogens with zero attached hydrogens (tertiary/aromatic N) is 5. The fourth-order valence-electron chi connectivity index (χ4n) is 1.82. The third kappa shape index (κ3) is 3.26. The minimum Gasteiger partial charge on any atom is -0.383 e. The van der Waals surface area contributed by atoms with Gasteiger partial charge in [-0.1, -0.05) is 6.07 Å². The molecule has 8 nitrogen and oxygen atoms in total. The largest absolute Gasteiger partial charge is 0.383 e. The standard InChI is InChI=1S/C12H17N5O3S/c1-10(8-20-3)16(2)21(18,19)12-6-4-5-11(7-12)17-9-13-14-15-17/h4-7,9-10H,8H2,1-3H3. The van der Waals surface area contributed by atoms with E-state index < -0.39 is 10.0 Å². The zero-order valence-electron chi connectivity index (χ0n) is 12.0. The Morgan fingerprint density at radius 3 is 2.81 bits per heavy atom. The van der Waals surface area contributed by atoms with Crippen molar-refractivity contribution in [3.63, 3.8) is 0 Å². The smallest absolute Gasteiger partial charge is 0.243 e. The summed E-state index contributed by atoms with van der Waals surface area (Å²) in [6.07, 6.45) is 1.41. The minimum atomic E-state index is -3.60. The first kappa shape index (κ1) is 15.5. The lowest BCUT2D eigenvalue weighted by Crippen LogP contribution is -2.37. The van der Waals surface area contributed by atoms with Crippen LogP contribution in [-0.4, -0.2) is 59.7 Å². The number of rotatable bonds is 6. The van der Waals surface area contributed by atoms with Crippen LogP contribution in [-0.2, 0) is 14.8 Å². The third-order valence-corrected chi connectivity index (χ3v) is 5.10. The molecule has 1 aromatic carbocycles. The Balaban J connectivity index is 2.35. The lowest BCUT2D eigenvalue weighted by Gasteiger charge is -2.23. The lowest BCUT2D eigenvalue weighted by molar-refractivity contribution is 0.149. The first-order valence-electron chi connectivity index (χ1n) is 6.27. The second-order valence-corrected chi connectivity index (χ2v) is 6.57. The fourth-order valence-corrected chi connectivity index (χ4v) is 3.20. The summed E-state index contributed by atoms with van der Waals surface area (Å²) in [4.78, 5) is 0.181. The van der Waals surface area contributed by atoms with Gasteiger partial charge < -0.3 is 4.74 Å². The normalized spacial score (nSPS) is 13.5. The van der Waals surface area contributed by atoms with E-state index in [2.05, 4.69) is 15.5 Å². The predicted octanol–water partition coefficient (Wildman–Crippen LogP) is 0.318. The Morgan fingerprint density at radius 1 is 1.43 bits per heavy atom. The van der Waals surface area contributed by atoms with Crippen LogP contribution in [0.5, 0.6) is 0 Å². The van der Waals surface area contributed by atoms with Crippen molar-refractivity contribution in [3.05, 3.63) is 30.6 Å². The van der Waals surface area contributed by atoms with Gasteiger partial charge in [-0.15, -0.1) is 5.10 Å². The van der Waals surface area contributed by atoms with Crippen LogP contribution < -0.4 is 0 Å². The Morgan fingerprint density at radius 2 is 2.19 bits per heavy atom. The molecule has 0 spiro atoms. The molecule has 1 aromatic heterocycles. The maximum atomic E-state index is 12.6. The van der Waals surface area contributed by atoms with E-state index >= 15 is 0 Å². The maximum Gasteiger partial charge on any atom is 0.243 e. The summed E-state index contributed by atoms with van der Waals surface area (Å²) in [7, 11) is -0.535. The van der Waals surface area contributed by atoms with Gasteiger partial charge in [-0.2, -0.15) is 4.31 Å². The van der Waals surface area contributed by atoms with Gasteiger partial charge in [0, 0.05) is 20.2 Å². The molecule has 1 atom stereocenters. The van der Waals surface area contributed by atoms with E-state index in [1.807, 2.05) is 0 Å². The van der Waals surface area contributed by atoms with Crippen molar-refractivity contribution in [2.45, 2.75) is 17.9 Å². The summed E-state index contributed by atoms with van der Waals surface area (Å²) < 4.78 is 32.8. The van der Waals surface area contributed by atoms with Gasteiger partial charge in [-0.3, -0.25) is 0 Å². The van der Waals surface area contributed by atoms with Crippen LogP contribution in [0, 0.1) is 0 Å². The monoisotopic (exact) mass is 311 g/mol. The molecule has 21 heavy (non-hydrogen) atoms. The average molecular weight is 311 g/mol. The van der Waals surface area contributed by atoms with Gasteiger partial charge in [0.15, 0.2) is 0 Å². The van der Waals surface area contributed by atoms with E-state index in [9.17, 15) is 8.42 Å². The zero-order valence-corrected chi connectivity index (χ0v) is 12.9. The topological polar surface area (TPSA) is 90.2 Å². The highest BCUT2D eigenvalue weighted by Gasteiger charge is 2.25. The van der Waals surface area contributed by atoms with Crippen LogP contribution in [0.15, 0.2) is 35.5 Å². The molecule has 1 unspecified atom stereocenters. The van der Waals surface area contributed by atoms with Crippen molar-refractivity contribution in [1.29, 1.82) is 0 Å². The highest BCUT2D eigenvalue weighted by molar-refractivity contribution is 7.89. The number of likely N-dealkylation sites (N-methyl/N-ethyl adjacent to an activating group) is 1. The Bertz CT molecular complexity index is 687. The van der Waals surface area contributed by atoms with Crippen molar-refractivity contribution < 1.29 is 13.2 Å². The molecule has 114 valence electrons. The molecule has 0 aliphatic rings. The third-order valence-electron chi connectivity index (χ3n) is 3.14. The van der Waals surface area contributed by atoms with Crippen LogP contribution >= 0.6 is 0 Å². The molecule has 2 aromatic rings. The van der Waals surface area contributed by atoms with Gasteiger partial charge in [0.05, 0.1) is 17.2 Å². The van der Waals surface area contributed by atoms with E-state index in [1.54, 1.807) is 25.1 Å². The summed E-state index contributed by atoms with van der Waals surface area (Å²) in [5.74, 6) is 0. The molecule has 0 amide bonds. The van der Waals surface area contributed by atoms with Crippen LogP contribution in [0.2, 0.25) is 0 Å². The molecule has 0 fully saturated rings. The van der Waals surface area contributed by atoms with Gasteiger partial charge in [-0.25, -0.2) is 13.1 Å². The second-order valence-electron chi connectivity index (χ2n) is 4.58. The van der Waals surface area contributed by atoms with Crippen molar-refractivity contribution in [3.8, 4) is 5.69 Å². The minimum absolute atomic E-state index is 0.181. The molecule has 0 bridgehead atoms.